The molecule has 0 saturated carbocycles. The van der Waals surface area contributed by atoms with Gasteiger partial charge in [-0.2, -0.15) is 0 Å². The molecule has 0 saturated heterocycles. The molecule has 19 heavy (non-hydrogen) atoms. The SMILES string of the molecule is Ic1c(-c2ccncc2)cccc1-c1cccnc1. The Morgan fingerprint density at radius 1 is 0.684 bits per heavy atom. The van der Waals surface area contributed by atoms with Crippen molar-refractivity contribution in [2.75, 3.05) is 0 Å². The van der Waals surface area contributed by atoms with E-state index in [0.29, 0.717) is 0 Å². The first-order chi connectivity index (χ1) is 9.36. The van der Waals surface area contributed by atoms with Crippen molar-refractivity contribution in [3.8, 4) is 22.3 Å². The van der Waals surface area contributed by atoms with Gasteiger partial charge in [0.05, 0.1) is 0 Å². The minimum atomic E-state index is 1.14. The molecule has 0 N–H and O–H groups in total. The van der Waals surface area contributed by atoms with Crippen LogP contribution in [0.15, 0.2) is 67.3 Å². The third kappa shape index (κ3) is 2.51. The van der Waals surface area contributed by atoms with Crippen LogP contribution in [0.2, 0.25) is 0 Å². The van der Waals surface area contributed by atoms with E-state index in [9.17, 15) is 0 Å². The van der Waals surface area contributed by atoms with Gasteiger partial charge >= 0.3 is 0 Å². The van der Waals surface area contributed by atoms with Crippen LogP contribution in [0.3, 0.4) is 0 Å². The fourth-order valence-electron chi connectivity index (χ4n) is 2.03. The Morgan fingerprint density at radius 3 is 2.11 bits per heavy atom. The average molecular weight is 358 g/mol. The van der Waals surface area contributed by atoms with Crippen LogP contribution in [0.5, 0.6) is 0 Å². The molecule has 2 aromatic heterocycles. The van der Waals surface area contributed by atoms with Crippen molar-refractivity contribution in [3.63, 3.8) is 0 Å². The van der Waals surface area contributed by atoms with Gasteiger partial charge in [-0.3, -0.25) is 9.97 Å². The number of rotatable bonds is 2. The van der Waals surface area contributed by atoms with E-state index in [4.69, 9.17) is 0 Å². The van der Waals surface area contributed by atoms with Crippen molar-refractivity contribution in [2.45, 2.75) is 0 Å². The lowest BCUT2D eigenvalue weighted by Crippen LogP contribution is -1.88. The molecule has 0 spiro atoms. The van der Waals surface area contributed by atoms with Crippen LogP contribution < -0.4 is 0 Å². The van der Waals surface area contributed by atoms with E-state index in [0.717, 1.165) is 5.56 Å². The Morgan fingerprint density at radius 2 is 1.42 bits per heavy atom. The number of nitrogens with zero attached hydrogens (tertiary/aromatic N) is 2. The highest BCUT2D eigenvalue weighted by Crippen LogP contribution is 2.32. The summed E-state index contributed by atoms with van der Waals surface area (Å²) in [7, 11) is 0. The second-order valence-corrected chi connectivity index (χ2v) is 5.22. The van der Waals surface area contributed by atoms with E-state index >= 15 is 0 Å². The smallest absolute Gasteiger partial charge is 0.0346 e. The molecule has 0 bridgehead atoms. The minimum absolute atomic E-state index is 1.14. The summed E-state index contributed by atoms with van der Waals surface area (Å²) in [5.74, 6) is 0. The fourth-order valence-corrected chi connectivity index (χ4v) is 3.01. The summed E-state index contributed by atoms with van der Waals surface area (Å²) in [4.78, 5) is 8.26. The zero-order valence-corrected chi connectivity index (χ0v) is 12.3. The predicted octanol–water partition coefficient (Wildman–Crippen LogP) is 4.42. The molecule has 3 rings (SSSR count). The molecule has 92 valence electrons. The largest absolute Gasteiger partial charge is 0.265 e. The van der Waals surface area contributed by atoms with Gasteiger partial charge in [0.1, 0.15) is 0 Å². The maximum Gasteiger partial charge on any atom is 0.0346 e. The van der Waals surface area contributed by atoms with E-state index in [1.807, 2.05) is 36.8 Å². The van der Waals surface area contributed by atoms with Crippen LogP contribution in [0.1, 0.15) is 0 Å². The Kier molecular flexibility index (Phi) is 3.55. The molecule has 0 aliphatic carbocycles. The number of aromatic nitrogens is 2. The molecular formula is C16H11IN2. The van der Waals surface area contributed by atoms with Crippen LogP contribution in [0.25, 0.3) is 22.3 Å². The highest BCUT2D eigenvalue weighted by atomic mass is 127. The molecule has 2 nitrogen and oxygen atoms in total. The first-order valence-corrected chi connectivity index (χ1v) is 7.03. The van der Waals surface area contributed by atoms with Gasteiger partial charge in [-0.05, 0) is 57.5 Å². The van der Waals surface area contributed by atoms with Crippen molar-refractivity contribution in [1.29, 1.82) is 0 Å². The molecule has 1 aromatic carbocycles. The number of benzene rings is 1. The Balaban J connectivity index is 2.15. The van der Waals surface area contributed by atoms with E-state index in [1.54, 1.807) is 6.20 Å². The summed E-state index contributed by atoms with van der Waals surface area (Å²) in [6, 6.07) is 14.5. The fraction of sp³-hybridized carbons (Fsp3) is 0. The van der Waals surface area contributed by atoms with E-state index in [1.165, 1.54) is 20.3 Å². The molecule has 2 heterocycles. The lowest BCUT2D eigenvalue weighted by molar-refractivity contribution is 1.32. The summed E-state index contributed by atoms with van der Waals surface area (Å²) in [6.07, 6.45) is 7.33. The van der Waals surface area contributed by atoms with E-state index in [2.05, 4.69) is 56.8 Å². The lowest BCUT2D eigenvalue weighted by atomic mass is 10.0. The Hall–Kier alpha value is -1.75. The van der Waals surface area contributed by atoms with Crippen molar-refractivity contribution in [1.82, 2.24) is 9.97 Å². The molecule has 0 fully saturated rings. The quantitative estimate of drug-likeness (QED) is 0.634. The summed E-state index contributed by atoms with van der Waals surface area (Å²) >= 11 is 2.40. The van der Waals surface area contributed by atoms with Crippen LogP contribution in [-0.2, 0) is 0 Å². The number of halogens is 1. The molecule has 0 aliphatic rings. The highest BCUT2D eigenvalue weighted by Gasteiger charge is 2.08. The number of hydrogen-bond acceptors (Lipinski definition) is 2. The number of hydrogen-bond donors (Lipinski definition) is 0. The third-order valence-corrected chi connectivity index (χ3v) is 4.12. The first-order valence-electron chi connectivity index (χ1n) is 5.95. The Bertz CT molecular complexity index is 624. The second kappa shape index (κ2) is 5.48. The average Bonchev–Trinajstić information content (AvgIpc) is 2.49. The van der Waals surface area contributed by atoms with Crippen LogP contribution in [-0.4, -0.2) is 9.97 Å². The van der Waals surface area contributed by atoms with Gasteiger partial charge in [0.25, 0.3) is 0 Å². The standard InChI is InChI=1S/C16H11IN2/c17-16-14(12-6-9-18-10-7-12)4-1-5-15(16)13-3-2-8-19-11-13/h1-11H. The zero-order valence-electron chi connectivity index (χ0n) is 10.1. The summed E-state index contributed by atoms with van der Waals surface area (Å²) in [5, 5.41) is 0. The van der Waals surface area contributed by atoms with Gasteiger partial charge in [-0.25, -0.2) is 0 Å². The van der Waals surface area contributed by atoms with E-state index < -0.39 is 0 Å². The van der Waals surface area contributed by atoms with Crippen molar-refractivity contribution >= 4 is 22.6 Å². The van der Waals surface area contributed by atoms with Crippen LogP contribution in [0.4, 0.5) is 0 Å². The van der Waals surface area contributed by atoms with Gasteiger partial charge in [0, 0.05) is 33.9 Å². The molecule has 3 heteroatoms. The normalized spacial score (nSPS) is 10.4. The molecule has 0 atom stereocenters. The van der Waals surface area contributed by atoms with Gasteiger partial charge in [0.2, 0.25) is 0 Å². The van der Waals surface area contributed by atoms with Crippen LogP contribution in [0, 0.1) is 3.57 Å². The molecular weight excluding hydrogens is 347 g/mol. The molecule has 0 amide bonds. The van der Waals surface area contributed by atoms with Gasteiger partial charge in [-0.15, -0.1) is 0 Å². The summed E-state index contributed by atoms with van der Waals surface area (Å²) in [5.41, 5.74) is 4.76. The maximum atomic E-state index is 4.19. The van der Waals surface area contributed by atoms with Gasteiger partial charge in [-0.1, -0.05) is 24.3 Å². The molecule has 0 aliphatic heterocycles. The Labute approximate surface area is 125 Å². The number of pyridine rings is 2. The second-order valence-electron chi connectivity index (χ2n) is 4.14. The topological polar surface area (TPSA) is 25.8 Å². The maximum absolute atomic E-state index is 4.19. The predicted molar refractivity (Wildman–Crippen MR) is 85.6 cm³/mol. The molecule has 3 aromatic rings. The van der Waals surface area contributed by atoms with Gasteiger partial charge < -0.3 is 0 Å². The monoisotopic (exact) mass is 358 g/mol. The lowest BCUT2D eigenvalue weighted by Gasteiger charge is -2.10. The van der Waals surface area contributed by atoms with Gasteiger partial charge in [0.15, 0.2) is 0 Å². The first kappa shape index (κ1) is 12.3. The van der Waals surface area contributed by atoms with Crippen molar-refractivity contribution in [3.05, 3.63) is 70.8 Å². The summed E-state index contributed by atoms with van der Waals surface area (Å²) in [6.45, 7) is 0. The molecule has 0 unspecified atom stereocenters. The third-order valence-electron chi connectivity index (χ3n) is 2.96. The van der Waals surface area contributed by atoms with Crippen molar-refractivity contribution in [2.24, 2.45) is 0 Å². The summed E-state index contributed by atoms with van der Waals surface area (Å²) < 4.78 is 1.24. The minimum Gasteiger partial charge on any atom is -0.265 e. The van der Waals surface area contributed by atoms with Crippen LogP contribution >= 0.6 is 22.6 Å². The zero-order chi connectivity index (χ0) is 13.1. The highest BCUT2D eigenvalue weighted by molar-refractivity contribution is 14.1. The molecule has 0 radical (unpaired) electrons. The van der Waals surface area contributed by atoms with Crippen molar-refractivity contribution < 1.29 is 0 Å². The van der Waals surface area contributed by atoms with E-state index in [-0.39, 0.29) is 0 Å².